The zero-order valence-electron chi connectivity index (χ0n) is 13.4. The maximum absolute atomic E-state index is 12.6. The Labute approximate surface area is 135 Å². The molecule has 2 atom stereocenters. The molecule has 0 bridgehead atoms. The fraction of sp³-hybridized carbons (Fsp3) is 0.625. The van der Waals surface area contributed by atoms with E-state index in [0.29, 0.717) is 28.8 Å². The molecule has 0 aliphatic carbocycles. The number of carbonyl (C=O) groups excluding carboxylic acids is 2. The van der Waals surface area contributed by atoms with Crippen LogP contribution in [0.1, 0.15) is 33.2 Å². The molecule has 2 heterocycles. The van der Waals surface area contributed by atoms with E-state index in [1.807, 2.05) is 4.90 Å². The number of Topliss-reactive ketones (excluding diaryl/α,β-unsaturated/α-hetero) is 1. The molecule has 0 radical (unpaired) electrons. The van der Waals surface area contributed by atoms with Crippen molar-refractivity contribution in [1.82, 2.24) is 9.80 Å². The molecule has 22 heavy (non-hydrogen) atoms. The van der Waals surface area contributed by atoms with Crippen molar-refractivity contribution in [2.45, 2.75) is 13.8 Å². The van der Waals surface area contributed by atoms with Crippen LogP contribution < -0.4 is 0 Å². The lowest BCUT2D eigenvalue weighted by molar-refractivity contribution is 0.0784. The van der Waals surface area contributed by atoms with Crippen LogP contribution in [0, 0.1) is 11.8 Å². The minimum absolute atomic E-state index is 0.0128. The fourth-order valence-corrected chi connectivity index (χ4v) is 3.71. The summed E-state index contributed by atoms with van der Waals surface area (Å²) < 4.78 is 0. The Morgan fingerprint density at radius 1 is 1.32 bits per heavy atom. The van der Waals surface area contributed by atoms with Crippen molar-refractivity contribution in [3.8, 4) is 0 Å². The molecule has 1 saturated heterocycles. The summed E-state index contributed by atoms with van der Waals surface area (Å²) >= 11 is 1.25. The van der Waals surface area contributed by atoms with E-state index >= 15 is 0 Å². The first kappa shape index (κ1) is 17.1. The van der Waals surface area contributed by atoms with Crippen molar-refractivity contribution < 1.29 is 14.7 Å². The summed E-state index contributed by atoms with van der Waals surface area (Å²) in [6.45, 7) is 6.81. The number of aliphatic hydroxyl groups is 1. The number of carbonyl (C=O) groups is 2. The fourth-order valence-electron chi connectivity index (χ4n) is 2.85. The van der Waals surface area contributed by atoms with Gasteiger partial charge in [0.05, 0.1) is 9.75 Å². The number of ketones is 1. The second-order valence-electron chi connectivity index (χ2n) is 5.99. The Bertz CT molecular complexity index is 543. The van der Waals surface area contributed by atoms with Gasteiger partial charge in [-0.05, 0) is 38.6 Å². The number of thiophene rings is 1. The molecule has 0 aromatic carbocycles. The minimum atomic E-state index is -0.0300. The van der Waals surface area contributed by atoms with Crippen LogP contribution in [0.15, 0.2) is 12.1 Å². The Hall–Kier alpha value is -1.24. The van der Waals surface area contributed by atoms with E-state index in [-0.39, 0.29) is 24.2 Å². The van der Waals surface area contributed by atoms with Crippen LogP contribution in [-0.2, 0) is 0 Å². The predicted molar refractivity (Wildman–Crippen MR) is 87.5 cm³/mol. The van der Waals surface area contributed by atoms with E-state index in [2.05, 4.69) is 18.9 Å². The Balaban J connectivity index is 2.05. The summed E-state index contributed by atoms with van der Waals surface area (Å²) in [6, 6.07) is 3.44. The van der Waals surface area contributed by atoms with E-state index in [1.165, 1.54) is 18.3 Å². The lowest BCUT2D eigenvalue weighted by Crippen LogP contribution is -2.32. The number of hydrogen-bond acceptors (Lipinski definition) is 5. The van der Waals surface area contributed by atoms with Gasteiger partial charge in [-0.3, -0.25) is 9.59 Å². The zero-order valence-corrected chi connectivity index (χ0v) is 14.2. The van der Waals surface area contributed by atoms with Gasteiger partial charge >= 0.3 is 0 Å². The molecule has 1 aromatic rings. The highest BCUT2D eigenvalue weighted by Crippen LogP contribution is 2.27. The Morgan fingerprint density at radius 3 is 2.50 bits per heavy atom. The second kappa shape index (κ2) is 7.35. The molecule has 1 N–H and O–H groups in total. The maximum Gasteiger partial charge on any atom is 0.263 e. The smallest absolute Gasteiger partial charge is 0.263 e. The van der Waals surface area contributed by atoms with E-state index < -0.39 is 0 Å². The average molecular weight is 324 g/mol. The summed E-state index contributed by atoms with van der Waals surface area (Å²) in [7, 11) is 2.05. The largest absolute Gasteiger partial charge is 0.396 e. The van der Waals surface area contributed by atoms with Crippen molar-refractivity contribution in [2.75, 3.05) is 39.8 Å². The maximum atomic E-state index is 12.6. The van der Waals surface area contributed by atoms with Gasteiger partial charge in [-0.2, -0.15) is 0 Å². The minimum Gasteiger partial charge on any atom is -0.396 e. The second-order valence-corrected chi connectivity index (χ2v) is 7.07. The molecule has 122 valence electrons. The highest BCUT2D eigenvalue weighted by molar-refractivity contribution is 7.15. The Morgan fingerprint density at radius 2 is 1.95 bits per heavy atom. The van der Waals surface area contributed by atoms with Crippen LogP contribution >= 0.6 is 11.3 Å². The van der Waals surface area contributed by atoms with Crippen LogP contribution in [0.25, 0.3) is 0 Å². The highest BCUT2D eigenvalue weighted by atomic mass is 32.1. The van der Waals surface area contributed by atoms with Crippen LogP contribution in [-0.4, -0.2) is 66.4 Å². The van der Waals surface area contributed by atoms with Crippen molar-refractivity contribution in [3.63, 3.8) is 0 Å². The van der Waals surface area contributed by atoms with Crippen molar-refractivity contribution in [3.05, 3.63) is 21.9 Å². The van der Waals surface area contributed by atoms with Crippen LogP contribution in [0.3, 0.4) is 0 Å². The molecule has 5 nitrogen and oxygen atoms in total. The summed E-state index contributed by atoms with van der Waals surface area (Å²) in [5.41, 5.74) is 0. The van der Waals surface area contributed by atoms with Gasteiger partial charge in [-0.15, -0.1) is 11.3 Å². The summed E-state index contributed by atoms with van der Waals surface area (Å²) in [4.78, 5) is 29.2. The molecule has 1 aromatic heterocycles. The molecular weight excluding hydrogens is 300 g/mol. The molecule has 0 spiro atoms. The number of hydrogen-bond donors (Lipinski definition) is 1. The number of likely N-dealkylation sites (tertiary alicyclic amines) is 1. The first-order chi connectivity index (χ1) is 10.5. The van der Waals surface area contributed by atoms with Gasteiger partial charge in [-0.25, -0.2) is 0 Å². The molecule has 2 rings (SSSR count). The molecular formula is C16H24N2O3S. The third-order valence-electron chi connectivity index (χ3n) is 4.35. The van der Waals surface area contributed by atoms with Crippen molar-refractivity contribution in [2.24, 2.45) is 11.8 Å². The first-order valence-electron chi connectivity index (χ1n) is 7.65. The number of nitrogens with zero attached hydrogens (tertiary/aromatic N) is 2. The van der Waals surface area contributed by atoms with Gasteiger partial charge in [0.2, 0.25) is 0 Å². The van der Waals surface area contributed by atoms with E-state index in [9.17, 15) is 14.7 Å². The number of aliphatic hydroxyl groups excluding tert-OH is 1. The predicted octanol–water partition coefficient (Wildman–Crippen LogP) is 1.58. The molecule has 0 saturated carbocycles. The van der Waals surface area contributed by atoms with Gasteiger partial charge < -0.3 is 14.9 Å². The molecule has 1 amide bonds. The summed E-state index contributed by atoms with van der Waals surface area (Å²) in [5, 5.41) is 9.57. The lowest BCUT2D eigenvalue weighted by atomic mass is 9.96. The quantitative estimate of drug-likeness (QED) is 0.807. The van der Waals surface area contributed by atoms with Gasteiger partial charge in [0.1, 0.15) is 0 Å². The highest BCUT2D eigenvalue weighted by Gasteiger charge is 2.35. The van der Waals surface area contributed by atoms with Gasteiger partial charge in [0, 0.05) is 32.2 Å². The normalized spacial score (nSPS) is 21.6. The Kier molecular flexibility index (Phi) is 5.72. The first-order valence-corrected chi connectivity index (χ1v) is 8.47. The van der Waals surface area contributed by atoms with E-state index in [1.54, 1.807) is 12.1 Å². The topological polar surface area (TPSA) is 60.9 Å². The molecule has 1 fully saturated rings. The van der Waals surface area contributed by atoms with Crippen LogP contribution in [0.4, 0.5) is 0 Å². The molecule has 1 aliphatic rings. The van der Waals surface area contributed by atoms with E-state index in [0.717, 1.165) is 13.1 Å². The van der Waals surface area contributed by atoms with E-state index in [4.69, 9.17) is 0 Å². The third-order valence-corrected chi connectivity index (χ3v) is 5.52. The lowest BCUT2D eigenvalue weighted by Gasteiger charge is -2.22. The SMILES string of the molecule is CCN(C)C[C@@H]1CN(C(=O)c2ccc(C(C)=O)s2)C[C@@H]1CO. The average Bonchev–Trinajstić information content (AvgIpc) is 3.13. The molecule has 6 heteroatoms. The molecule has 0 unspecified atom stereocenters. The number of amides is 1. The van der Waals surface area contributed by atoms with Crippen molar-refractivity contribution >= 4 is 23.0 Å². The summed E-state index contributed by atoms with van der Waals surface area (Å²) in [6.07, 6.45) is 0. The van der Waals surface area contributed by atoms with Gasteiger partial charge in [-0.1, -0.05) is 6.92 Å². The monoisotopic (exact) mass is 324 g/mol. The number of rotatable bonds is 6. The van der Waals surface area contributed by atoms with Crippen LogP contribution in [0.5, 0.6) is 0 Å². The van der Waals surface area contributed by atoms with Crippen molar-refractivity contribution in [1.29, 1.82) is 0 Å². The summed E-state index contributed by atoms with van der Waals surface area (Å²) in [5.74, 6) is 0.384. The third kappa shape index (κ3) is 3.74. The standard InChI is InChI=1S/C16H24N2O3S/c1-4-17(3)7-12-8-18(9-13(12)10-19)16(21)15-6-5-14(22-15)11(2)20/h5-6,12-13,19H,4,7-10H2,1-3H3/t12-,13-/m1/s1. The zero-order chi connectivity index (χ0) is 16.3. The van der Waals surface area contributed by atoms with Gasteiger partial charge in [0.15, 0.2) is 5.78 Å². The molecule has 1 aliphatic heterocycles. The van der Waals surface area contributed by atoms with Crippen LogP contribution in [0.2, 0.25) is 0 Å². The van der Waals surface area contributed by atoms with Gasteiger partial charge in [0.25, 0.3) is 5.91 Å².